The quantitative estimate of drug-likeness (QED) is 0.409. The van der Waals surface area contributed by atoms with Gasteiger partial charge in [0.15, 0.2) is 0 Å². The first-order chi connectivity index (χ1) is 3.48. The molecule has 0 heterocycles. The van der Waals surface area contributed by atoms with Crippen LogP contribution < -0.4 is 24.0 Å². The van der Waals surface area contributed by atoms with Gasteiger partial charge in [0.25, 0.3) is 0 Å². The summed E-state index contributed by atoms with van der Waals surface area (Å²) in [5, 5.41) is 0. The second-order valence-corrected chi connectivity index (χ2v) is 3.37. The molecule has 0 saturated heterocycles. The molecule has 0 N–H and O–H groups in total. The van der Waals surface area contributed by atoms with E-state index in [0.29, 0.717) is 0 Å². The molecular weight excluding hydrogens is 225 g/mol. The number of quaternary nitrogens is 1. The Morgan fingerprint density at radius 2 is 1.56 bits per heavy atom. The largest absolute Gasteiger partial charge is 1.00 e. The minimum absolute atomic E-state index is 0. The van der Waals surface area contributed by atoms with Gasteiger partial charge in [-0.1, -0.05) is 6.92 Å². The molecule has 2 heteroatoms. The fourth-order valence-corrected chi connectivity index (χ4v) is 0.548. The molecule has 0 spiro atoms. The zero-order chi connectivity index (χ0) is 6.78. The van der Waals surface area contributed by atoms with E-state index in [-0.39, 0.29) is 24.0 Å². The summed E-state index contributed by atoms with van der Waals surface area (Å²) < 4.78 is 1.08. The van der Waals surface area contributed by atoms with Gasteiger partial charge in [-0.15, -0.1) is 0 Å². The maximum Gasteiger partial charge on any atom is 0.0852 e. The number of hydrogen-bond acceptors (Lipinski definition) is 0. The average Bonchev–Trinajstić information content (AvgIpc) is 1.62. The van der Waals surface area contributed by atoms with Gasteiger partial charge in [0.2, 0.25) is 0 Å². The highest BCUT2D eigenvalue weighted by molar-refractivity contribution is 4.41. The van der Waals surface area contributed by atoms with Crippen molar-refractivity contribution in [3.8, 4) is 0 Å². The van der Waals surface area contributed by atoms with Crippen molar-refractivity contribution in [2.75, 3.05) is 21.1 Å². The van der Waals surface area contributed by atoms with Crippen molar-refractivity contribution in [3.63, 3.8) is 0 Å². The molecule has 0 aliphatic carbocycles. The summed E-state index contributed by atoms with van der Waals surface area (Å²) in [6.07, 6.45) is 1.27. The van der Waals surface area contributed by atoms with Gasteiger partial charge in [0.05, 0.1) is 27.2 Å². The summed E-state index contributed by atoms with van der Waals surface area (Å²) in [5.74, 6) is 0. The summed E-state index contributed by atoms with van der Waals surface area (Å²) in [4.78, 5) is 0. The first-order valence-electron chi connectivity index (χ1n) is 3.29. The van der Waals surface area contributed by atoms with Crippen LogP contribution in [0.2, 0.25) is 0 Å². The molecule has 1 unspecified atom stereocenters. The molecule has 0 amide bonds. The Kier molecular flexibility index (Phi) is 6.18. The molecule has 0 saturated carbocycles. The minimum atomic E-state index is 0. The van der Waals surface area contributed by atoms with Crippen LogP contribution in [0, 0.1) is 0 Å². The van der Waals surface area contributed by atoms with Crippen LogP contribution in [-0.2, 0) is 0 Å². The molecule has 9 heavy (non-hydrogen) atoms. The van der Waals surface area contributed by atoms with Crippen LogP contribution in [0.15, 0.2) is 0 Å². The van der Waals surface area contributed by atoms with Gasteiger partial charge >= 0.3 is 0 Å². The molecule has 58 valence electrons. The minimum Gasteiger partial charge on any atom is -1.00 e. The molecule has 0 aromatic heterocycles. The zero-order valence-electron chi connectivity index (χ0n) is 7.11. The van der Waals surface area contributed by atoms with Gasteiger partial charge in [-0.25, -0.2) is 0 Å². The van der Waals surface area contributed by atoms with Gasteiger partial charge in [0, 0.05) is 0 Å². The van der Waals surface area contributed by atoms with Gasteiger partial charge in [0.1, 0.15) is 0 Å². The van der Waals surface area contributed by atoms with Gasteiger partial charge in [-0.3, -0.25) is 0 Å². The van der Waals surface area contributed by atoms with E-state index in [4.69, 9.17) is 0 Å². The highest BCUT2D eigenvalue weighted by Gasteiger charge is 2.14. The highest BCUT2D eigenvalue weighted by Crippen LogP contribution is 2.04. The Hall–Kier alpha value is 0.690. The number of rotatable bonds is 2. The Bertz CT molecular complexity index is 65.8. The van der Waals surface area contributed by atoms with E-state index in [1.165, 1.54) is 6.42 Å². The lowest BCUT2D eigenvalue weighted by Crippen LogP contribution is -3.00. The summed E-state index contributed by atoms with van der Waals surface area (Å²) in [6, 6.07) is 0.787. The fraction of sp³-hybridized carbons (Fsp3) is 1.00. The third kappa shape index (κ3) is 5.15. The summed E-state index contributed by atoms with van der Waals surface area (Å²) in [6.45, 7) is 4.51. The van der Waals surface area contributed by atoms with E-state index in [2.05, 4.69) is 35.0 Å². The first kappa shape index (κ1) is 12.4. The van der Waals surface area contributed by atoms with Crippen molar-refractivity contribution in [2.24, 2.45) is 0 Å². The van der Waals surface area contributed by atoms with Crippen LogP contribution in [0.3, 0.4) is 0 Å². The zero-order valence-corrected chi connectivity index (χ0v) is 9.27. The van der Waals surface area contributed by atoms with E-state index in [0.717, 1.165) is 10.5 Å². The normalized spacial score (nSPS) is 14.3. The lowest BCUT2D eigenvalue weighted by Gasteiger charge is -2.30. The van der Waals surface area contributed by atoms with Gasteiger partial charge in [-0.2, -0.15) is 0 Å². The SMILES string of the molecule is CCC(C)[N+](C)(C)C.[I-]. The molecule has 0 aliphatic rings. The number of nitrogens with zero attached hydrogens (tertiary/aromatic N) is 1. The van der Waals surface area contributed by atoms with Crippen LogP contribution >= 0.6 is 0 Å². The molecule has 1 atom stereocenters. The Morgan fingerprint density at radius 3 is 1.56 bits per heavy atom. The van der Waals surface area contributed by atoms with Crippen molar-refractivity contribution in [1.82, 2.24) is 0 Å². The first-order valence-corrected chi connectivity index (χ1v) is 3.29. The molecule has 0 aliphatic heterocycles. The monoisotopic (exact) mass is 243 g/mol. The van der Waals surface area contributed by atoms with Crippen molar-refractivity contribution >= 4 is 0 Å². The number of halogens is 1. The molecule has 1 nitrogen and oxygen atoms in total. The molecule has 0 bridgehead atoms. The van der Waals surface area contributed by atoms with Crippen molar-refractivity contribution in [1.29, 1.82) is 0 Å². The van der Waals surface area contributed by atoms with Crippen molar-refractivity contribution in [2.45, 2.75) is 26.3 Å². The second kappa shape index (κ2) is 4.50. The lowest BCUT2D eigenvalue weighted by atomic mass is 10.2. The van der Waals surface area contributed by atoms with Crippen LogP contribution in [0.4, 0.5) is 0 Å². The van der Waals surface area contributed by atoms with Crippen molar-refractivity contribution < 1.29 is 28.5 Å². The molecular formula is C7H18IN. The van der Waals surface area contributed by atoms with Crippen LogP contribution in [0.5, 0.6) is 0 Å². The standard InChI is InChI=1S/C7H18N.HI/c1-6-7(2)8(3,4)5;/h7H,6H2,1-5H3;1H/q+1;/p-1. The third-order valence-electron chi connectivity index (χ3n) is 1.91. The predicted molar refractivity (Wildman–Crippen MR) is 37.8 cm³/mol. The smallest absolute Gasteiger partial charge is 0.0852 e. The Morgan fingerprint density at radius 1 is 1.22 bits per heavy atom. The van der Waals surface area contributed by atoms with E-state index in [1.54, 1.807) is 0 Å². The Balaban J connectivity index is 0. The Labute approximate surface area is 76.0 Å². The van der Waals surface area contributed by atoms with E-state index < -0.39 is 0 Å². The molecule has 0 radical (unpaired) electrons. The van der Waals surface area contributed by atoms with Crippen molar-refractivity contribution in [3.05, 3.63) is 0 Å². The van der Waals surface area contributed by atoms with Crippen LogP contribution in [0.1, 0.15) is 20.3 Å². The summed E-state index contributed by atoms with van der Waals surface area (Å²) in [5.41, 5.74) is 0. The van der Waals surface area contributed by atoms with E-state index in [9.17, 15) is 0 Å². The maximum absolute atomic E-state index is 2.28. The molecule has 0 fully saturated rings. The molecule has 0 aromatic rings. The average molecular weight is 243 g/mol. The van der Waals surface area contributed by atoms with E-state index >= 15 is 0 Å². The third-order valence-corrected chi connectivity index (χ3v) is 1.91. The van der Waals surface area contributed by atoms with Crippen LogP contribution in [0.25, 0.3) is 0 Å². The number of hydrogen-bond donors (Lipinski definition) is 0. The summed E-state index contributed by atoms with van der Waals surface area (Å²) in [7, 11) is 6.69. The van der Waals surface area contributed by atoms with Crippen LogP contribution in [-0.4, -0.2) is 31.7 Å². The maximum atomic E-state index is 2.28. The lowest BCUT2D eigenvalue weighted by molar-refractivity contribution is -0.894. The summed E-state index contributed by atoms with van der Waals surface area (Å²) >= 11 is 0. The van der Waals surface area contributed by atoms with Gasteiger partial charge in [-0.05, 0) is 13.3 Å². The highest BCUT2D eigenvalue weighted by atomic mass is 127. The van der Waals surface area contributed by atoms with E-state index in [1.807, 2.05) is 0 Å². The second-order valence-electron chi connectivity index (χ2n) is 3.37. The van der Waals surface area contributed by atoms with Gasteiger partial charge < -0.3 is 28.5 Å². The fourth-order valence-electron chi connectivity index (χ4n) is 0.548. The topological polar surface area (TPSA) is 0 Å². The molecule has 0 aromatic carbocycles. The predicted octanol–water partition coefficient (Wildman–Crippen LogP) is -1.50. The molecule has 0 rings (SSSR count).